The van der Waals surface area contributed by atoms with E-state index in [0.717, 1.165) is 16.9 Å². The second-order valence-electron chi connectivity index (χ2n) is 3.98. The second-order valence-corrected chi connectivity index (χ2v) is 4.82. The van der Waals surface area contributed by atoms with Crippen molar-refractivity contribution in [3.05, 3.63) is 57.6 Å². The summed E-state index contributed by atoms with van der Waals surface area (Å²) in [4.78, 5) is 0. The summed E-state index contributed by atoms with van der Waals surface area (Å²) in [5, 5.41) is 1.12. The average molecular weight is 282 g/mol. The van der Waals surface area contributed by atoms with E-state index in [1.165, 1.54) is 0 Å². The first-order chi connectivity index (χ1) is 8.60. The van der Waals surface area contributed by atoms with E-state index in [4.69, 9.17) is 33.7 Å². The van der Waals surface area contributed by atoms with Gasteiger partial charge in [-0.15, -0.1) is 0 Å². The highest BCUT2D eigenvalue weighted by atomic mass is 35.5. The third kappa shape index (κ3) is 2.96. The van der Waals surface area contributed by atoms with Gasteiger partial charge in [-0.05, 0) is 36.2 Å². The highest BCUT2D eigenvalue weighted by molar-refractivity contribution is 6.34. The molecule has 2 aromatic carbocycles. The second kappa shape index (κ2) is 5.61. The van der Waals surface area contributed by atoms with Crippen LogP contribution >= 0.6 is 23.2 Å². The molecule has 2 aromatic rings. The van der Waals surface area contributed by atoms with Crippen molar-refractivity contribution in [3.63, 3.8) is 0 Å². The molecule has 0 bridgehead atoms. The van der Waals surface area contributed by atoms with Gasteiger partial charge in [0.15, 0.2) is 0 Å². The van der Waals surface area contributed by atoms with E-state index in [-0.39, 0.29) is 0 Å². The zero-order valence-electron chi connectivity index (χ0n) is 9.91. The number of ether oxygens (including phenoxy) is 1. The van der Waals surface area contributed by atoms with E-state index in [1.54, 1.807) is 18.2 Å². The first-order valence-corrected chi connectivity index (χ1v) is 6.28. The minimum Gasteiger partial charge on any atom is -0.455 e. The summed E-state index contributed by atoms with van der Waals surface area (Å²) in [7, 11) is 0. The molecule has 0 amide bonds. The van der Waals surface area contributed by atoms with Gasteiger partial charge in [-0.3, -0.25) is 0 Å². The average Bonchev–Trinajstić information content (AvgIpc) is 2.36. The predicted molar refractivity (Wildman–Crippen MR) is 75.6 cm³/mol. The molecule has 2 rings (SSSR count). The SMILES string of the molecule is Cc1cc(CN)ccc1Oc1cc(Cl)ccc1Cl. The Labute approximate surface area is 116 Å². The molecule has 0 aliphatic heterocycles. The van der Waals surface area contributed by atoms with Crippen LogP contribution in [0.4, 0.5) is 0 Å². The molecule has 0 fully saturated rings. The van der Waals surface area contributed by atoms with Gasteiger partial charge in [-0.2, -0.15) is 0 Å². The fourth-order valence-corrected chi connectivity index (χ4v) is 1.95. The molecule has 0 aliphatic carbocycles. The van der Waals surface area contributed by atoms with Crippen molar-refractivity contribution in [1.29, 1.82) is 0 Å². The number of rotatable bonds is 3. The van der Waals surface area contributed by atoms with Crippen LogP contribution in [0.15, 0.2) is 36.4 Å². The zero-order valence-corrected chi connectivity index (χ0v) is 11.4. The summed E-state index contributed by atoms with van der Waals surface area (Å²) in [5.41, 5.74) is 7.66. The van der Waals surface area contributed by atoms with Crippen molar-refractivity contribution >= 4 is 23.2 Å². The fourth-order valence-electron chi connectivity index (χ4n) is 1.63. The Morgan fingerprint density at radius 3 is 2.50 bits per heavy atom. The number of halogens is 2. The Morgan fingerprint density at radius 1 is 1.06 bits per heavy atom. The Morgan fingerprint density at radius 2 is 1.83 bits per heavy atom. The van der Waals surface area contributed by atoms with E-state index in [0.29, 0.717) is 22.3 Å². The van der Waals surface area contributed by atoms with Crippen LogP contribution in [0.2, 0.25) is 10.0 Å². The van der Waals surface area contributed by atoms with Gasteiger partial charge in [-0.1, -0.05) is 35.3 Å². The molecule has 4 heteroatoms. The van der Waals surface area contributed by atoms with Crippen molar-refractivity contribution in [2.24, 2.45) is 5.73 Å². The number of benzene rings is 2. The summed E-state index contributed by atoms with van der Waals surface area (Å²) in [5.74, 6) is 1.30. The van der Waals surface area contributed by atoms with E-state index >= 15 is 0 Å². The molecular weight excluding hydrogens is 269 g/mol. The van der Waals surface area contributed by atoms with Crippen molar-refractivity contribution in [2.75, 3.05) is 0 Å². The van der Waals surface area contributed by atoms with Crippen molar-refractivity contribution in [1.82, 2.24) is 0 Å². The molecule has 0 aromatic heterocycles. The largest absolute Gasteiger partial charge is 0.455 e. The van der Waals surface area contributed by atoms with Gasteiger partial charge in [0.1, 0.15) is 11.5 Å². The van der Waals surface area contributed by atoms with Gasteiger partial charge >= 0.3 is 0 Å². The monoisotopic (exact) mass is 281 g/mol. The summed E-state index contributed by atoms with van der Waals surface area (Å²) in [6.45, 7) is 2.48. The van der Waals surface area contributed by atoms with Crippen LogP contribution in [0.5, 0.6) is 11.5 Å². The normalized spacial score (nSPS) is 10.4. The zero-order chi connectivity index (χ0) is 13.1. The highest BCUT2D eigenvalue weighted by Gasteiger charge is 2.06. The lowest BCUT2D eigenvalue weighted by Crippen LogP contribution is -1.97. The molecule has 0 aliphatic rings. The maximum atomic E-state index is 6.05. The molecule has 0 radical (unpaired) electrons. The number of hydrogen-bond acceptors (Lipinski definition) is 2. The standard InChI is InChI=1S/C14H13Cl2NO/c1-9-6-10(8-17)2-5-13(9)18-14-7-11(15)3-4-12(14)16/h2-7H,8,17H2,1H3. The van der Waals surface area contributed by atoms with Gasteiger partial charge in [0.25, 0.3) is 0 Å². The van der Waals surface area contributed by atoms with Gasteiger partial charge in [0, 0.05) is 17.6 Å². The van der Waals surface area contributed by atoms with Gasteiger partial charge in [0.2, 0.25) is 0 Å². The summed E-state index contributed by atoms with van der Waals surface area (Å²) >= 11 is 12.0. The van der Waals surface area contributed by atoms with E-state index in [2.05, 4.69) is 0 Å². The number of aryl methyl sites for hydroxylation is 1. The Kier molecular flexibility index (Phi) is 4.12. The molecule has 0 spiro atoms. The van der Waals surface area contributed by atoms with Gasteiger partial charge < -0.3 is 10.5 Å². The first-order valence-electron chi connectivity index (χ1n) is 5.52. The van der Waals surface area contributed by atoms with E-state index in [9.17, 15) is 0 Å². The quantitative estimate of drug-likeness (QED) is 0.896. The van der Waals surface area contributed by atoms with Gasteiger partial charge in [0.05, 0.1) is 5.02 Å². The van der Waals surface area contributed by atoms with Crippen molar-refractivity contribution < 1.29 is 4.74 Å². The minimum atomic E-state index is 0.513. The van der Waals surface area contributed by atoms with E-state index < -0.39 is 0 Å². The van der Waals surface area contributed by atoms with Crippen LogP contribution in [0, 0.1) is 6.92 Å². The van der Waals surface area contributed by atoms with Crippen molar-refractivity contribution in [3.8, 4) is 11.5 Å². The molecular formula is C14H13Cl2NO. The fraction of sp³-hybridized carbons (Fsp3) is 0.143. The molecule has 0 atom stereocenters. The van der Waals surface area contributed by atoms with E-state index in [1.807, 2.05) is 25.1 Å². The minimum absolute atomic E-state index is 0.513. The van der Waals surface area contributed by atoms with Crippen LogP contribution in [-0.2, 0) is 6.54 Å². The maximum absolute atomic E-state index is 6.05. The smallest absolute Gasteiger partial charge is 0.147 e. The predicted octanol–water partition coefficient (Wildman–Crippen LogP) is 4.55. The number of hydrogen-bond donors (Lipinski definition) is 1. The lowest BCUT2D eigenvalue weighted by molar-refractivity contribution is 0.479. The molecule has 0 heterocycles. The van der Waals surface area contributed by atoms with Crippen LogP contribution in [-0.4, -0.2) is 0 Å². The lowest BCUT2D eigenvalue weighted by Gasteiger charge is -2.11. The third-order valence-corrected chi connectivity index (χ3v) is 3.14. The molecule has 18 heavy (non-hydrogen) atoms. The Balaban J connectivity index is 2.31. The van der Waals surface area contributed by atoms with Gasteiger partial charge in [-0.25, -0.2) is 0 Å². The first kappa shape index (κ1) is 13.2. The maximum Gasteiger partial charge on any atom is 0.147 e. The lowest BCUT2D eigenvalue weighted by atomic mass is 10.1. The number of nitrogens with two attached hydrogens (primary N) is 1. The third-order valence-electron chi connectivity index (χ3n) is 2.59. The summed E-state index contributed by atoms with van der Waals surface area (Å²) in [6, 6.07) is 10.9. The van der Waals surface area contributed by atoms with Crippen molar-refractivity contribution in [2.45, 2.75) is 13.5 Å². The Bertz CT molecular complexity index is 570. The topological polar surface area (TPSA) is 35.2 Å². The van der Waals surface area contributed by atoms with Crippen LogP contribution in [0.25, 0.3) is 0 Å². The summed E-state index contributed by atoms with van der Waals surface area (Å²) in [6.07, 6.45) is 0. The molecule has 2 nitrogen and oxygen atoms in total. The van der Waals surface area contributed by atoms with Crippen LogP contribution in [0.3, 0.4) is 0 Å². The van der Waals surface area contributed by atoms with Crippen LogP contribution < -0.4 is 10.5 Å². The van der Waals surface area contributed by atoms with Crippen LogP contribution in [0.1, 0.15) is 11.1 Å². The summed E-state index contributed by atoms with van der Waals surface area (Å²) < 4.78 is 5.76. The molecule has 94 valence electrons. The molecule has 0 unspecified atom stereocenters. The molecule has 0 saturated carbocycles. The molecule has 0 saturated heterocycles. The highest BCUT2D eigenvalue weighted by Crippen LogP contribution is 2.33. The Hall–Kier alpha value is -1.22. The molecule has 2 N–H and O–H groups in total.